The second-order valence-corrected chi connectivity index (χ2v) is 8.00. The maximum atomic E-state index is 13.5. The molecule has 1 aromatic carbocycles. The molecule has 1 fully saturated rings. The average molecular weight is 378 g/mol. The molecular weight excluding hydrogens is 362 g/mol. The number of hydrogen-bond donors (Lipinski definition) is 1. The van der Waals surface area contributed by atoms with Gasteiger partial charge >= 0.3 is 0 Å². The molecule has 0 aliphatic heterocycles. The number of nitriles is 2. The topological polar surface area (TPSA) is 102 Å². The number of rotatable bonds is 2. The van der Waals surface area contributed by atoms with Crippen molar-refractivity contribution in [1.29, 1.82) is 10.5 Å². The Labute approximate surface area is 161 Å². The Morgan fingerprint density at radius 1 is 1.26 bits per heavy atom. The predicted octanol–water partition coefficient (Wildman–Crippen LogP) is 3.67. The first kappa shape index (κ1) is 17.5. The van der Waals surface area contributed by atoms with Crippen molar-refractivity contribution in [2.75, 3.05) is 5.32 Å². The number of aromatic nitrogens is 2. The SMILES string of the molecule is CC1(C)C2CCC1(C(=O)Nc1cccc(Cl)c1)c1nc(C#N)c(C#N)nc12. The Bertz CT molecular complexity index is 1070. The molecule has 1 aromatic heterocycles. The second kappa shape index (κ2) is 5.77. The van der Waals surface area contributed by atoms with Gasteiger partial charge in [0, 0.05) is 16.6 Å². The molecule has 2 unspecified atom stereocenters. The molecule has 0 spiro atoms. The summed E-state index contributed by atoms with van der Waals surface area (Å²) in [5.74, 6) is -0.163. The van der Waals surface area contributed by atoms with Crippen LogP contribution in [-0.2, 0) is 10.2 Å². The molecule has 2 aliphatic carbocycles. The molecule has 2 atom stereocenters. The Morgan fingerprint density at radius 2 is 1.96 bits per heavy atom. The number of nitrogens with one attached hydrogen (secondary N) is 1. The van der Waals surface area contributed by atoms with E-state index >= 15 is 0 Å². The summed E-state index contributed by atoms with van der Waals surface area (Å²) in [5, 5.41) is 22.1. The summed E-state index contributed by atoms with van der Waals surface area (Å²) in [6, 6.07) is 10.9. The third-order valence-corrected chi connectivity index (χ3v) is 6.35. The van der Waals surface area contributed by atoms with Crippen LogP contribution >= 0.6 is 11.6 Å². The van der Waals surface area contributed by atoms with Gasteiger partial charge in [-0.05, 0) is 36.5 Å². The van der Waals surface area contributed by atoms with Crippen LogP contribution in [0.15, 0.2) is 24.3 Å². The molecule has 134 valence electrons. The summed E-state index contributed by atoms with van der Waals surface area (Å²) in [7, 11) is 0. The number of nitrogens with zero attached hydrogens (tertiary/aromatic N) is 4. The fourth-order valence-corrected chi connectivity index (χ4v) is 4.91. The first-order chi connectivity index (χ1) is 12.8. The number of fused-ring (bicyclic) bond motifs is 5. The van der Waals surface area contributed by atoms with Crippen LogP contribution in [-0.4, -0.2) is 15.9 Å². The molecule has 2 bridgehead atoms. The van der Waals surface area contributed by atoms with E-state index in [4.69, 9.17) is 11.6 Å². The predicted molar refractivity (Wildman–Crippen MR) is 99.0 cm³/mol. The van der Waals surface area contributed by atoms with Crippen molar-refractivity contribution in [3.8, 4) is 12.1 Å². The Balaban J connectivity index is 1.86. The van der Waals surface area contributed by atoms with E-state index < -0.39 is 10.8 Å². The number of anilines is 1. The molecular formula is C20H16ClN5O. The lowest BCUT2D eigenvalue weighted by Crippen LogP contribution is -2.46. The van der Waals surface area contributed by atoms with E-state index in [0.29, 0.717) is 28.5 Å². The van der Waals surface area contributed by atoms with Gasteiger partial charge in [-0.25, -0.2) is 9.97 Å². The molecule has 1 amide bonds. The molecule has 4 rings (SSSR count). The van der Waals surface area contributed by atoms with Gasteiger partial charge in [0.15, 0.2) is 11.4 Å². The van der Waals surface area contributed by atoms with Crippen LogP contribution in [0.25, 0.3) is 0 Å². The smallest absolute Gasteiger partial charge is 0.237 e. The summed E-state index contributed by atoms with van der Waals surface area (Å²) >= 11 is 6.03. The van der Waals surface area contributed by atoms with Crippen LogP contribution in [0.4, 0.5) is 5.69 Å². The molecule has 27 heavy (non-hydrogen) atoms. The Morgan fingerprint density at radius 3 is 2.63 bits per heavy atom. The van der Waals surface area contributed by atoms with Crippen LogP contribution in [0.2, 0.25) is 5.02 Å². The fourth-order valence-electron chi connectivity index (χ4n) is 4.72. The van der Waals surface area contributed by atoms with Crippen molar-refractivity contribution in [2.45, 2.75) is 38.0 Å². The highest BCUT2D eigenvalue weighted by Crippen LogP contribution is 2.67. The lowest BCUT2D eigenvalue weighted by Gasteiger charge is -2.36. The van der Waals surface area contributed by atoms with E-state index in [1.165, 1.54) is 0 Å². The van der Waals surface area contributed by atoms with Crippen molar-refractivity contribution in [2.24, 2.45) is 5.41 Å². The zero-order valence-corrected chi connectivity index (χ0v) is 15.6. The van der Waals surface area contributed by atoms with Gasteiger partial charge in [-0.3, -0.25) is 4.79 Å². The number of benzene rings is 1. The summed E-state index contributed by atoms with van der Waals surface area (Å²) in [4.78, 5) is 22.3. The number of carbonyl (C=O) groups excluding carboxylic acids is 1. The van der Waals surface area contributed by atoms with Crippen molar-refractivity contribution in [3.63, 3.8) is 0 Å². The van der Waals surface area contributed by atoms with Crippen LogP contribution in [0.1, 0.15) is 55.4 Å². The molecule has 2 aliphatic rings. The number of carbonyl (C=O) groups is 1. The molecule has 7 heteroatoms. The monoisotopic (exact) mass is 377 g/mol. The molecule has 0 radical (unpaired) electrons. The second-order valence-electron chi connectivity index (χ2n) is 7.56. The number of amides is 1. The fraction of sp³-hybridized carbons (Fsp3) is 0.350. The van der Waals surface area contributed by atoms with E-state index in [1.54, 1.807) is 24.3 Å². The quantitative estimate of drug-likeness (QED) is 0.860. The van der Waals surface area contributed by atoms with Crippen LogP contribution in [0.3, 0.4) is 0 Å². The third-order valence-electron chi connectivity index (χ3n) is 6.12. The van der Waals surface area contributed by atoms with Gasteiger partial charge in [-0.2, -0.15) is 10.5 Å². The summed E-state index contributed by atoms with van der Waals surface area (Å²) in [5.41, 5.74) is 0.457. The van der Waals surface area contributed by atoms with E-state index in [9.17, 15) is 15.3 Å². The highest BCUT2D eigenvalue weighted by Gasteiger charge is 2.68. The van der Waals surface area contributed by atoms with Crippen molar-refractivity contribution < 1.29 is 4.79 Å². The van der Waals surface area contributed by atoms with Gasteiger partial charge in [0.25, 0.3) is 0 Å². The van der Waals surface area contributed by atoms with Gasteiger partial charge in [0.05, 0.1) is 16.8 Å². The van der Waals surface area contributed by atoms with E-state index in [0.717, 1.165) is 6.42 Å². The lowest BCUT2D eigenvalue weighted by atomic mass is 9.67. The Hall–Kier alpha value is -2.96. The van der Waals surface area contributed by atoms with Crippen LogP contribution < -0.4 is 5.32 Å². The van der Waals surface area contributed by atoms with Crippen molar-refractivity contribution in [3.05, 3.63) is 52.1 Å². The van der Waals surface area contributed by atoms with Crippen molar-refractivity contribution in [1.82, 2.24) is 9.97 Å². The normalized spacial score (nSPS) is 24.0. The lowest BCUT2D eigenvalue weighted by molar-refractivity contribution is -0.124. The van der Waals surface area contributed by atoms with E-state index in [-0.39, 0.29) is 23.2 Å². The van der Waals surface area contributed by atoms with Crippen molar-refractivity contribution >= 4 is 23.2 Å². The minimum atomic E-state index is -0.901. The largest absolute Gasteiger partial charge is 0.325 e. The maximum absolute atomic E-state index is 13.5. The highest BCUT2D eigenvalue weighted by atomic mass is 35.5. The first-order valence-corrected chi connectivity index (χ1v) is 9.02. The van der Waals surface area contributed by atoms with Gasteiger partial charge in [0.1, 0.15) is 12.1 Å². The molecule has 1 saturated carbocycles. The summed E-state index contributed by atoms with van der Waals surface area (Å²) in [6.07, 6.45) is 1.41. The number of halogens is 1. The van der Waals surface area contributed by atoms with E-state index in [1.807, 2.05) is 26.0 Å². The maximum Gasteiger partial charge on any atom is 0.237 e. The van der Waals surface area contributed by atoms with Gasteiger partial charge in [0.2, 0.25) is 5.91 Å². The zero-order valence-electron chi connectivity index (χ0n) is 14.9. The van der Waals surface area contributed by atoms with Crippen LogP contribution in [0, 0.1) is 28.1 Å². The number of hydrogen-bond acceptors (Lipinski definition) is 5. The summed E-state index contributed by atoms with van der Waals surface area (Å²) < 4.78 is 0. The van der Waals surface area contributed by atoms with Crippen LogP contribution in [0.5, 0.6) is 0 Å². The first-order valence-electron chi connectivity index (χ1n) is 8.65. The highest BCUT2D eigenvalue weighted by molar-refractivity contribution is 6.30. The average Bonchev–Trinajstić information content (AvgIpc) is 3.02. The minimum absolute atomic E-state index is 0.0185. The molecule has 2 aromatic rings. The standard InChI is InChI=1S/C20H16ClN5O/c1-19(2)13-6-7-20(19,18(27)24-12-5-3-4-11(21)8-12)17-16(13)25-14(9-22)15(10-23)26-17/h3-5,8,13H,6-7H2,1-2H3,(H,24,27). The van der Waals surface area contributed by atoms with Gasteiger partial charge in [-0.1, -0.05) is 31.5 Å². The minimum Gasteiger partial charge on any atom is -0.325 e. The molecule has 6 nitrogen and oxygen atoms in total. The van der Waals surface area contributed by atoms with Gasteiger partial charge in [-0.15, -0.1) is 0 Å². The van der Waals surface area contributed by atoms with E-state index in [2.05, 4.69) is 15.3 Å². The molecule has 0 saturated heterocycles. The zero-order chi connectivity index (χ0) is 19.4. The Kier molecular flexibility index (Phi) is 3.73. The van der Waals surface area contributed by atoms with Gasteiger partial charge < -0.3 is 5.32 Å². The third kappa shape index (κ3) is 2.20. The molecule has 1 heterocycles. The molecule has 1 N–H and O–H groups in total. The summed E-state index contributed by atoms with van der Waals surface area (Å²) in [6.45, 7) is 4.06.